The van der Waals surface area contributed by atoms with Crippen molar-refractivity contribution in [2.45, 2.75) is 19.3 Å². The molecule has 1 aliphatic heterocycles. The van der Waals surface area contributed by atoms with Crippen LogP contribution < -0.4 is 15.0 Å². The van der Waals surface area contributed by atoms with Gasteiger partial charge in [-0.1, -0.05) is 6.07 Å². The van der Waals surface area contributed by atoms with Crippen molar-refractivity contribution in [2.24, 2.45) is 0 Å². The molecule has 3 rings (SSSR count). The Hall–Kier alpha value is -1.94. The van der Waals surface area contributed by atoms with Crippen LogP contribution in [0.3, 0.4) is 0 Å². The topological polar surface area (TPSA) is 40.5 Å². The van der Waals surface area contributed by atoms with E-state index in [0.29, 0.717) is 25.3 Å². The van der Waals surface area contributed by atoms with E-state index in [1.54, 1.807) is 10.6 Å². The first-order valence-corrected chi connectivity index (χ1v) is 7.46. The van der Waals surface area contributed by atoms with E-state index in [9.17, 15) is 4.79 Å². The molecule has 0 fully saturated rings. The molecule has 21 heavy (non-hydrogen) atoms. The lowest BCUT2D eigenvalue weighted by atomic mass is 10.1. The number of fused-ring (bicyclic) bond motifs is 1. The molecule has 110 valence electrons. The molecule has 4 nitrogen and oxygen atoms in total. The fourth-order valence-corrected chi connectivity index (χ4v) is 2.70. The number of pyridine rings is 1. The second-order valence-electron chi connectivity index (χ2n) is 4.79. The van der Waals surface area contributed by atoms with Gasteiger partial charge in [0.05, 0.1) is 11.6 Å². The standard InChI is InChI=1S/C16H16ClNO3/c1-2-18-13(5-3-12(10-17)16(18)19)11-4-6-14-15(9-11)21-8-7-20-14/h3-6,9H,2,7-8,10H2,1H3. The molecule has 2 heterocycles. The summed E-state index contributed by atoms with van der Waals surface area (Å²) in [6.07, 6.45) is 0. The van der Waals surface area contributed by atoms with Crippen LogP contribution in [-0.4, -0.2) is 17.8 Å². The van der Waals surface area contributed by atoms with E-state index in [2.05, 4.69) is 0 Å². The third kappa shape index (κ3) is 2.51. The van der Waals surface area contributed by atoms with Crippen LogP contribution in [0.5, 0.6) is 11.5 Å². The second kappa shape index (κ2) is 5.82. The molecule has 0 atom stereocenters. The summed E-state index contributed by atoms with van der Waals surface area (Å²) in [6.45, 7) is 3.65. The maximum absolute atomic E-state index is 12.3. The summed E-state index contributed by atoms with van der Waals surface area (Å²) >= 11 is 5.80. The smallest absolute Gasteiger partial charge is 0.255 e. The Morgan fingerprint density at radius 1 is 1.14 bits per heavy atom. The van der Waals surface area contributed by atoms with Crippen molar-refractivity contribution < 1.29 is 9.47 Å². The quantitative estimate of drug-likeness (QED) is 0.818. The van der Waals surface area contributed by atoms with Crippen molar-refractivity contribution in [1.82, 2.24) is 4.57 Å². The minimum absolute atomic E-state index is 0.0418. The lowest BCUT2D eigenvalue weighted by Gasteiger charge is -2.20. The summed E-state index contributed by atoms with van der Waals surface area (Å²) in [6, 6.07) is 9.44. The van der Waals surface area contributed by atoms with Crippen molar-refractivity contribution in [1.29, 1.82) is 0 Å². The fraction of sp³-hybridized carbons (Fsp3) is 0.312. The lowest BCUT2D eigenvalue weighted by Crippen LogP contribution is -2.23. The maximum Gasteiger partial charge on any atom is 0.255 e. The zero-order valence-corrected chi connectivity index (χ0v) is 12.5. The van der Waals surface area contributed by atoms with Crippen LogP contribution in [0, 0.1) is 0 Å². The number of alkyl halides is 1. The van der Waals surface area contributed by atoms with E-state index < -0.39 is 0 Å². The molecule has 2 aromatic rings. The van der Waals surface area contributed by atoms with Crippen molar-refractivity contribution >= 4 is 11.6 Å². The largest absolute Gasteiger partial charge is 0.486 e. The molecule has 0 N–H and O–H groups in total. The molecule has 1 aromatic heterocycles. The van der Waals surface area contributed by atoms with Gasteiger partial charge in [0, 0.05) is 17.7 Å². The van der Waals surface area contributed by atoms with E-state index in [1.807, 2.05) is 31.2 Å². The first-order chi connectivity index (χ1) is 10.2. The van der Waals surface area contributed by atoms with Crippen LogP contribution in [0.25, 0.3) is 11.3 Å². The van der Waals surface area contributed by atoms with Crippen LogP contribution in [0.2, 0.25) is 0 Å². The van der Waals surface area contributed by atoms with Gasteiger partial charge >= 0.3 is 0 Å². The summed E-state index contributed by atoms with van der Waals surface area (Å²) in [4.78, 5) is 12.3. The fourth-order valence-electron chi connectivity index (χ4n) is 2.49. The highest BCUT2D eigenvalue weighted by Gasteiger charge is 2.15. The van der Waals surface area contributed by atoms with Crippen molar-refractivity contribution in [3.05, 3.63) is 46.2 Å². The van der Waals surface area contributed by atoms with E-state index >= 15 is 0 Å². The van der Waals surface area contributed by atoms with E-state index in [0.717, 1.165) is 22.8 Å². The van der Waals surface area contributed by atoms with Crippen molar-refractivity contribution in [3.8, 4) is 22.8 Å². The molecule has 1 aliphatic rings. The van der Waals surface area contributed by atoms with Gasteiger partial charge in [-0.2, -0.15) is 0 Å². The summed E-state index contributed by atoms with van der Waals surface area (Å²) < 4.78 is 12.8. The van der Waals surface area contributed by atoms with Gasteiger partial charge in [-0.15, -0.1) is 11.6 Å². The van der Waals surface area contributed by atoms with Gasteiger partial charge in [0.2, 0.25) is 0 Å². The van der Waals surface area contributed by atoms with Crippen LogP contribution in [0.15, 0.2) is 35.1 Å². The van der Waals surface area contributed by atoms with Crippen LogP contribution in [0.1, 0.15) is 12.5 Å². The first-order valence-electron chi connectivity index (χ1n) is 6.93. The van der Waals surface area contributed by atoms with Gasteiger partial charge in [-0.05, 0) is 31.2 Å². The van der Waals surface area contributed by atoms with E-state index in [-0.39, 0.29) is 11.4 Å². The molecular formula is C16H16ClNO3. The van der Waals surface area contributed by atoms with Gasteiger partial charge < -0.3 is 14.0 Å². The lowest BCUT2D eigenvalue weighted by molar-refractivity contribution is 0.171. The number of rotatable bonds is 3. The van der Waals surface area contributed by atoms with E-state index in [4.69, 9.17) is 21.1 Å². The Balaban J connectivity index is 2.12. The Morgan fingerprint density at radius 3 is 2.62 bits per heavy atom. The predicted octanol–water partition coefficient (Wildman–Crippen LogP) is 3.05. The zero-order chi connectivity index (χ0) is 14.8. The number of halogens is 1. The van der Waals surface area contributed by atoms with Gasteiger partial charge in [-0.3, -0.25) is 4.79 Å². The van der Waals surface area contributed by atoms with Gasteiger partial charge in [0.1, 0.15) is 13.2 Å². The third-order valence-corrected chi connectivity index (χ3v) is 3.84. The molecule has 1 aromatic carbocycles. The number of aromatic nitrogens is 1. The molecule has 5 heteroatoms. The second-order valence-corrected chi connectivity index (χ2v) is 5.05. The monoisotopic (exact) mass is 305 g/mol. The molecule has 0 aliphatic carbocycles. The highest BCUT2D eigenvalue weighted by molar-refractivity contribution is 6.17. The summed E-state index contributed by atoms with van der Waals surface area (Å²) in [5.41, 5.74) is 2.35. The zero-order valence-electron chi connectivity index (χ0n) is 11.8. The molecule has 0 unspecified atom stereocenters. The van der Waals surface area contributed by atoms with Crippen LogP contribution in [-0.2, 0) is 12.4 Å². The van der Waals surface area contributed by atoms with Crippen LogP contribution in [0.4, 0.5) is 0 Å². The minimum Gasteiger partial charge on any atom is -0.486 e. The Kier molecular flexibility index (Phi) is 3.88. The predicted molar refractivity (Wildman–Crippen MR) is 82.4 cm³/mol. The highest BCUT2D eigenvalue weighted by atomic mass is 35.5. The molecule has 0 amide bonds. The molecular weight excluding hydrogens is 290 g/mol. The molecule has 0 saturated heterocycles. The Morgan fingerprint density at radius 2 is 1.90 bits per heavy atom. The highest BCUT2D eigenvalue weighted by Crippen LogP contribution is 2.34. The Bertz CT molecular complexity index is 724. The maximum atomic E-state index is 12.3. The first kappa shape index (κ1) is 14.0. The van der Waals surface area contributed by atoms with Gasteiger partial charge in [0.25, 0.3) is 5.56 Å². The van der Waals surface area contributed by atoms with Gasteiger partial charge in [-0.25, -0.2) is 0 Å². The summed E-state index contributed by atoms with van der Waals surface area (Å²) in [5.74, 6) is 1.68. The molecule has 0 spiro atoms. The normalized spacial score (nSPS) is 13.2. The average molecular weight is 306 g/mol. The van der Waals surface area contributed by atoms with Gasteiger partial charge in [0.15, 0.2) is 11.5 Å². The van der Waals surface area contributed by atoms with Crippen molar-refractivity contribution in [3.63, 3.8) is 0 Å². The Labute approximate surface area is 127 Å². The number of hydrogen-bond acceptors (Lipinski definition) is 3. The summed E-state index contributed by atoms with van der Waals surface area (Å²) in [5, 5.41) is 0. The molecule has 0 radical (unpaired) electrons. The summed E-state index contributed by atoms with van der Waals surface area (Å²) in [7, 11) is 0. The number of nitrogens with zero attached hydrogens (tertiary/aromatic N) is 1. The van der Waals surface area contributed by atoms with Crippen LogP contribution >= 0.6 is 11.6 Å². The SMILES string of the molecule is CCn1c(-c2ccc3c(c2)OCCO3)ccc(CCl)c1=O. The van der Waals surface area contributed by atoms with E-state index in [1.165, 1.54) is 0 Å². The minimum atomic E-state index is -0.0418. The molecule has 0 saturated carbocycles. The third-order valence-electron chi connectivity index (χ3n) is 3.55. The number of hydrogen-bond donors (Lipinski definition) is 0. The average Bonchev–Trinajstić information content (AvgIpc) is 2.54. The number of ether oxygens (including phenoxy) is 2. The van der Waals surface area contributed by atoms with Crippen molar-refractivity contribution in [2.75, 3.05) is 13.2 Å². The number of benzene rings is 1. The molecule has 0 bridgehead atoms.